The van der Waals surface area contributed by atoms with E-state index in [0.29, 0.717) is 23.3 Å². The van der Waals surface area contributed by atoms with Crippen molar-refractivity contribution in [1.29, 1.82) is 0 Å². The maximum absolute atomic E-state index is 12.3. The molecule has 0 saturated heterocycles. The van der Waals surface area contributed by atoms with Crippen LogP contribution in [0.2, 0.25) is 0 Å². The number of hydrogen-bond donors (Lipinski definition) is 0. The first-order chi connectivity index (χ1) is 12.1. The molecule has 0 atom stereocenters. The molecular formula is C17H13N3O5. The fraction of sp³-hybridized carbons (Fsp3) is 0.176. The van der Waals surface area contributed by atoms with E-state index in [4.69, 9.17) is 8.83 Å². The summed E-state index contributed by atoms with van der Waals surface area (Å²) in [5, 5.41) is 4.05. The Balaban J connectivity index is 1.43. The smallest absolute Gasteiger partial charge is 0.437 e. The third-order valence-corrected chi connectivity index (χ3v) is 3.97. The molecule has 0 N–H and O–H groups in total. The average molecular weight is 339 g/mol. The molecule has 1 aromatic carbocycles. The van der Waals surface area contributed by atoms with E-state index in [1.54, 1.807) is 36.4 Å². The van der Waals surface area contributed by atoms with Crippen molar-refractivity contribution in [3.05, 3.63) is 64.3 Å². The van der Waals surface area contributed by atoms with Gasteiger partial charge in [0.1, 0.15) is 0 Å². The van der Waals surface area contributed by atoms with Crippen LogP contribution in [0.3, 0.4) is 0 Å². The molecule has 0 spiro atoms. The van der Waals surface area contributed by atoms with Gasteiger partial charge >= 0.3 is 5.76 Å². The summed E-state index contributed by atoms with van der Waals surface area (Å²) in [6, 6.07) is 10.0. The van der Waals surface area contributed by atoms with E-state index in [1.807, 2.05) is 0 Å². The Morgan fingerprint density at radius 3 is 2.28 bits per heavy atom. The number of fused-ring (bicyclic) bond motifs is 1. The SMILES string of the molecule is O=C1c2ccccc2C(=O)N1CCCn1nc(-c2ccco2)oc1=O. The number of carbonyl (C=O) groups is 2. The van der Waals surface area contributed by atoms with Crippen molar-refractivity contribution < 1.29 is 18.4 Å². The summed E-state index contributed by atoms with van der Waals surface area (Å²) >= 11 is 0. The van der Waals surface area contributed by atoms with Gasteiger partial charge in [0.15, 0.2) is 5.76 Å². The maximum atomic E-state index is 12.3. The number of hydrogen-bond acceptors (Lipinski definition) is 6. The van der Waals surface area contributed by atoms with Gasteiger partial charge in [-0.1, -0.05) is 12.1 Å². The van der Waals surface area contributed by atoms with Crippen LogP contribution in [0.5, 0.6) is 0 Å². The van der Waals surface area contributed by atoms with Gasteiger partial charge in [0.25, 0.3) is 17.7 Å². The number of nitrogens with zero attached hydrogens (tertiary/aromatic N) is 3. The molecule has 0 bridgehead atoms. The van der Waals surface area contributed by atoms with Gasteiger partial charge in [0.05, 0.1) is 17.4 Å². The lowest BCUT2D eigenvalue weighted by molar-refractivity contribution is 0.0650. The molecule has 8 nitrogen and oxygen atoms in total. The summed E-state index contributed by atoms with van der Waals surface area (Å²) in [7, 11) is 0. The van der Waals surface area contributed by atoms with Crippen LogP contribution < -0.4 is 5.76 Å². The van der Waals surface area contributed by atoms with Gasteiger partial charge in [-0.15, -0.1) is 5.10 Å². The Kier molecular flexibility index (Phi) is 3.57. The molecule has 8 heteroatoms. The van der Waals surface area contributed by atoms with Gasteiger partial charge in [0, 0.05) is 13.1 Å². The van der Waals surface area contributed by atoms with Gasteiger partial charge in [-0.2, -0.15) is 4.68 Å². The van der Waals surface area contributed by atoms with Crippen molar-refractivity contribution in [3.63, 3.8) is 0 Å². The van der Waals surface area contributed by atoms with E-state index in [2.05, 4.69) is 5.10 Å². The number of benzene rings is 1. The molecule has 2 aromatic heterocycles. The average Bonchev–Trinajstić information content (AvgIpc) is 3.32. The highest BCUT2D eigenvalue weighted by Crippen LogP contribution is 2.22. The zero-order valence-corrected chi connectivity index (χ0v) is 13.0. The Labute approximate surface area is 141 Å². The Morgan fingerprint density at radius 2 is 1.64 bits per heavy atom. The molecule has 25 heavy (non-hydrogen) atoms. The van der Waals surface area contributed by atoms with Crippen molar-refractivity contribution in [2.24, 2.45) is 0 Å². The second-order valence-electron chi connectivity index (χ2n) is 5.53. The molecule has 2 amide bonds. The molecule has 0 saturated carbocycles. The van der Waals surface area contributed by atoms with E-state index in [0.717, 1.165) is 4.68 Å². The largest absolute Gasteiger partial charge is 0.459 e. The van der Waals surface area contributed by atoms with Crippen molar-refractivity contribution in [3.8, 4) is 11.7 Å². The lowest BCUT2D eigenvalue weighted by Crippen LogP contribution is -2.32. The normalized spacial score (nSPS) is 13.5. The minimum Gasteiger partial charge on any atom is -0.459 e. The van der Waals surface area contributed by atoms with Crippen LogP contribution in [0.1, 0.15) is 27.1 Å². The lowest BCUT2D eigenvalue weighted by atomic mass is 10.1. The fourth-order valence-corrected chi connectivity index (χ4v) is 2.77. The van der Waals surface area contributed by atoms with Gasteiger partial charge < -0.3 is 8.83 Å². The van der Waals surface area contributed by atoms with Crippen LogP contribution in [-0.2, 0) is 6.54 Å². The summed E-state index contributed by atoms with van der Waals surface area (Å²) in [4.78, 5) is 37.5. The number of amides is 2. The summed E-state index contributed by atoms with van der Waals surface area (Å²) in [5.74, 6) is -0.797. The predicted molar refractivity (Wildman–Crippen MR) is 84.9 cm³/mol. The highest BCUT2D eigenvalue weighted by atomic mass is 16.4. The standard InChI is InChI=1S/C17H13N3O5/c21-15-11-5-1-2-6-12(11)16(22)19(15)8-4-9-20-17(23)25-14(18-20)13-7-3-10-24-13/h1-3,5-7,10H,4,8-9H2. The van der Waals surface area contributed by atoms with Crippen LogP contribution in [0.15, 0.2) is 56.3 Å². The van der Waals surface area contributed by atoms with E-state index in [9.17, 15) is 14.4 Å². The van der Waals surface area contributed by atoms with Gasteiger partial charge in [0.2, 0.25) is 0 Å². The van der Waals surface area contributed by atoms with Crippen LogP contribution in [0, 0.1) is 0 Å². The van der Waals surface area contributed by atoms with Crippen molar-refractivity contribution in [1.82, 2.24) is 14.7 Å². The molecule has 3 heterocycles. The highest BCUT2D eigenvalue weighted by Gasteiger charge is 2.34. The summed E-state index contributed by atoms with van der Waals surface area (Å²) in [6.45, 7) is 0.415. The Hall–Kier alpha value is -3.42. The Morgan fingerprint density at radius 1 is 0.920 bits per heavy atom. The molecule has 3 aromatic rings. The minimum absolute atomic E-state index is 0.0933. The number of aromatic nitrogens is 2. The third-order valence-electron chi connectivity index (χ3n) is 3.97. The second-order valence-corrected chi connectivity index (χ2v) is 5.53. The van der Waals surface area contributed by atoms with Gasteiger partial charge in [-0.3, -0.25) is 14.5 Å². The van der Waals surface area contributed by atoms with Crippen LogP contribution >= 0.6 is 0 Å². The third kappa shape index (κ3) is 2.57. The zero-order chi connectivity index (χ0) is 17.4. The maximum Gasteiger partial charge on any atom is 0.437 e. The van der Waals surface area contributed by atoms with Crippen LogP contribution in [0.4, 0.5) is 0 Å². The van der Waals surface area contributed by atoms with E-state index in [-0.39, 0.29) is 30.8 Å². The molecule has 126 valence electrons. The molecule has 1 aliphatic heterocycles. The predicted octanol–water partition coefficient (Wildman–Crippen LogP) is 1.78. The lowest BCUT2D eigenvalue weighted by Gasteiger charge is -2.12. The first-order valence-corrected chi connectivity index (χ1v) is 7.72. The van der Waals surface area contributed by atoms with Crippen LogP contribution in [-0.4, -0.2) is 33.0 Å². The quantitative estimate of drug-likeness (QED) is 0.657. The fourth-order valence-electron chi connectivity index (χ4n) is 2.77. The van der Waals surface area contributed by atoms with Crippen molar-refractivity contribution >= 4 is 11.8 Å². The van der Waals surface area contributed by atoms with E-state index in [1.165, 1.54) is 11.2 Å². The van der Waals surface area contributed by atoms with E-state index >= 15 is 0 Å². The van der Waals surface area contributed by atoms with Gasteiger partial charge in [-0.05, 0) is 30.7 Å². The molecule has 0 unspecified atom stereocenters. The summed E-state index contributed by atoms with van der Waals surface area (Å²) in [5.41, 5.74) is 0.817. The number of furan rings is 1. The number of aryl methyl sites for hydroxylation is 1. The summed E-state index contributed by atoms with van der Waals surface area (Å²) < 4.78 is 11.3. The second kappa shape index (κ2) is 5.90. The first-order valence-electron chi connectivity index (χ1n) is 7.72. The highest BCUT2D eigenvalue weighted by molar-refractivity contribution is 6.21. The van der Waals surface area contributed by atoms with Crippen molar-refractivity contribution in [2.75, 3.05) is 6.54 Å². The molecular weight excluding hydrogens is 326 g/mol. The molecule has 0 aliphatic carbocycles. The van der Waals surface area contributed by atoms with Crippen LogP contribution in [0.25, 0.3) is 11.7 Å². The Bertz CT molecular complexity index is 964. The molecule has 0 fully saturated rings. The molecule has 4 rings (SSSR count). The van der Waals surface area contributed by atoms with E-state index < -0.39 is 5.76 Å². The topological polar surface area (TPSA) is 98.6 Å². The zero-order valence-electron chi connectivity index (χ0n) is 13.0. The van der Waals surface area contributed by atoms with Gasteiger partial charge in [-0.25, -0.2) is 4.79 Å². The molecule has 0 radical (unpaired) electrons. The monoisotopic (exact) mass is 339 g/mol. The minimum atomic E-state index is -0.617. The number of imide groups is 1. The summed E-state index contributed by atoms with van der Waals surface area (Å²) in [6.07, 6.45) is 1.84. The number of rotatable bonds is 5. The molecule has 1 aliphatic rings. The number of carbonyl (C=O) groups excluding carboxylic acids is 2. The first kappa shape index (κ1) is 15.1. The van der Waals surface area contributed by atoms with Crippen molar-refractivity contribution in [2.45, 2.75) is 13.0 Å².